The Balaban J connectivity index is 4.03. The zero-order chi connectivity index (χ0) is 11.7. The molecule has 0 saturated carbocycles. The number of ether oxygens (including phenoxy) is 2. The summed E-state index contributed by atoms with van der Waals surface area (Å²) in [7, 11) is 1.68. The second-order valence-electron chi connectivity index (χ2n) is 4.07. The molecule has 15 heavy (non-hydrogen) atoms. The van der Waals surface area contributed by atoms with Crippen molar-refractivity contribution < 1.29 is 9.47 Å². The molecule has 0 aliphatic rings. The molecule has 0 aromatic rings. The Hall–Kier alpha value is 0.390. The van der Waals surface area contributed by atoms with Crippen LogP contribution in [-0.2, 0) is 9.47 Å². The van der Waals surface area contributed by atoms with Crippen molar-refractivity contribution in [3.63, 3.8) is 0 Å². The quantitative estimate of drug-likeness (QED) is 0.376. The molecule has 0 aromatic heterocycles. The van der Waals surface area contributed by atoms with Crippen LogP contribution >= 0.6 is 22.6 Å². The van der Waals surface area contributed by atoms with Gasteiger partial charge in [-0.15, -0.1) is 0 Å². The molecule has 1 unspecified atom stereocenters. The summed E-state index contributed by atoms with van der Waals surface area (Å²) < 4.78 is 13.1. The third-order valence-corrected chi connectivity index (χ3v) is 2.72. The van der Waals surface area contributed by atoms with E-state index in [0.29, 0.717) is 0 Å². The highest BCUT2D eigenvalue weighted by Crippen LogP contribution is 2.18. The van der Waals surface area contributed by atoms with Crippen LogP contribution in [0, 0.1) is 0 Å². The molecule has 0 aliphatic heterocycles. The topological polar surface area (TPSA) is 18.5 Å². The minimum atomic E-state index is -0.493. The largest absolute Gasteiger partial charge is 0.354 e. The SMILES string of the molecule is CCCCCC(/C=C/I)OC(C)(C)OC. The zero-order valence-corrected chi connectivity index (χ0v) is 12.4. The van der Waals surface area contributed by atoms with Crippen molar-refractivity contribution in [3.05, 3.63) is 10.2 Å². The Labute approximate surface area is 108 Å². The van der Waals surface area contributed by atoms with Crippen LogP contribution in [0.2, 0.25) is 0 Å². The molecule has 0 fully saturated rings. The van der Waals surface area contributed by atoms with Gasteiger partial charge in [-0.2, -0.15) is 0 Å². The maximum absolute atomic E-state index is 5.86. The lowest BCUT2D eigenvalue weighted by Gasteiger charge is -2.28. The summed E-state index contributed by atoms with van der Waals surface area (Å²) in [5.74, 6) is -0.493. The first-order valence-corrected chi connectivity index (χ1v) is 6.80. The van der Waals surface area contributed by atoms with Crippen molar-refractivity contribution >= 4 is 22.6 Å². The number of rotatable bonds is 8. The maximum atomic E-state index is 5.86. The van der Waals surface area contributed by atoms with E-state index < -0.39 is 5.79 Å². The molecule has 0 spiro atoms. The van der Waals surface area contributed by atoms with Crippen LogP contribution in [-0.4, -0.2) is 19.0 Å². The van der Waals surface area contributed by atoms with Crippen molar-refractivity contribution in [2.45, 2.75) is 58.3 Å². The fraction of sp³-hybridized carbons (Fsp3) is 0.833. The molecule has 0 heterocycles. The fourth-order valence-corrected chi connectivity index (χ4v) is 1.75. The van der Waals surface area contributed by atoms with Gasteiger partial charge in [-0.1, -0.05) is 48.8 Å². The molecule has 3 heteroatoms. The Morgan fingerprint density at radius 1 is 1.33 bits per heavy atom. The molecular formula is C12H23IO2. The molecule has 0 bridgehead atoms. The van der Waals surface area contributed by atoms with Gasteiger partial charge in [0.25, 0.3) is 0 Å². The fourth-order valence-electron chi connectivity index (χ4n) is 1.28. The molecule has 0 saturated heterocycles. The van der Waals surface area contributed by atoms with E-state index in [-0.39, 0.29) is 6.10 Å². The number of hydrogen-bond donors (Lipinski definition) is 0. The van der Waals surface area contributed by atoms with Gasteiger partial charge in [0.1, 0.15) is 0 Å². The monoisotopic (exact) mass is 326 g/mol. The summed E-state index contributed by atoms with van der Waals surface area (Å²) >= 11 is 2.23. The lowest BCUT2D eigenvalue weighted by Crippen LogP contribution is -2.31. The summed E-state index contributed by atoms with van der Waals surface area (Å²) in [5, 5.41) is 0. The Bertz CT molecular complexity index is 178. The zero-order valence-electron chi connectivity index (χ0n) is 10.3. The highest BCUT2D eigenvalue weighted by atomic mass is 127. The van der Waals surface area contributed by atoms with Crippen LogP contribution in [0.5, 0.6) is 0 Å². The Kier molecular flexibility index (Phi) is 8.75. The van der Waals surface area contributed by atoms with E-state index in [9.17, 15) is 0 Å². The molecule has 0 rings (SSSR count). The van der Waals surface area contributed by atoms with Gasteiger partial charge in [0, 0.05) is 7.11 Å². The first kappa shape index (κ1) is 15.4. The molecular weight excluding hydrogens is 303 g/mol. The average Bonchev–Trinajstić information content (AvgIpc) is 2.18. The molecule has 0 N–H and O–H groups in total. The molecule has 90 valence electrons. The van der Waals surface area contributed by atoms with Crippen molar-refractivity contribution in [1.29, 1.82) is 0 Å². The van der Waals surface area contributed by atoms with E-state index in [1.165, 1.54) is 19.3 Å². The summed E-state index contributed by atoms with van der Waals surface area (Å²) in [4.78, 5) is 0. The predicted octanol–water partition coefficient (Wildman–Crippen LogP) is 4.28. The van der Waals surface area contributed by atoms with E-state index >= 15 is 0 Å². The van der Waals surface area contributed by atoms with Crippen LogP contribution in [0.25, 0.3) is 0 Å². The van der Waals surface area contributed by atoms with Crippen molar-refractivity contribution in [1.82, 2.24) is 0 Å². The summed E-state index contributed by atoms with van der Waals surface area (Å²) in [5.41, 5.74) is 0. The molecule has 2 nitrogen and oxygen atoms in total. The number of halogens is 1. The van der Waals surface area contributed by atoms with E-state index in [4.69, 9.17) is 9.47 Å². The summed E-state index contributed by atoms with van der Waals surface area (Å²) in [6.45, 7) is 6.10. The second-order valence-corrected chi connectivity index (χ2v) is 4.79. The van der Waals surface area contributed by atoms with Crippen LogP contribution in [0.15, 0.2) is 10.2 Å². The van der Waals surface area contributed by atoms with Crippen molar-refractivity contribution in [2.24, 2.45) is 0 Å². The molecule has 1 atom stereocenters. The number of hydrogen-bond acceptors (Lipinski definition) is 2. The second kappa shape index (κ2) is 8.53. The predicted molar refractivity (Wildman–Crippen MR) is 73.3 cm³/mol. The first-order valence-electron chi connectivity index (χ1n) is 5.55. The molecule has 0 aliphatic carbocycles. The lowest BCUT2D eigenvalue weighted by molar-refractivity contribution is -0.214. The van der Waals surface area contributed by atoms with Crippen LogP contribution < -0.4 is 0 Å². The average molecular weight is 326 g/mol. The smallest absolute Gasteiger partial charge is 0.163 e. The van der Waals surface area contributed by atoms with Crippen LogP contribution in [0.3, 0.4) is 0 Å². The Morgan fingerprint density at radius 2 is 2.00 bits per heavy atom. The van der Waals surface area contributed by atoms with E-state index in [2.05, 4.69) is 35.6 Å². The van der Waals surface area contributed by atoms with Gasteiger partial charge in [-0.3, -0.25) is 0 Å². The third-order valence-electron chi connectivity index (χ3n) is 2.31. The lowest BCUT2D eigenvalue weighted by atomic mass is 10.1. The minimum Gasteiger partial charge on any atom is -0.354 e. The van der Waals surface area contributed by atoms with Gasteiger partial charge in [-0.25, -0.2) is 0 Å². The minimum absolute atomic E-state index is 0.170. The highest BCUT2D eigenvalue weighted by molar-refractivity contribution is 14.1. The van der Waals surface area contributed by atoms with Gasteiger partial charge < -0.3 is 9.47 Å². The maximum Gasteiger partial charge on any atom is 0.163 e. The van der Waals surface area contributed by atoms with Crippen molar-refractivity contribution in [2.75, 3.05) is 7.11 Å². The van der Waals surface area contributed by atoms with Crippen molar-refractivity contribution in [3.8, 4) is 0 Å². The van der Waals surface area contributed by atoms with Gasteiger partial charge >= 0.3 is 0 Å². The van der Waals surface area contributed by atoms with Gasteiger partial charge in [0.2, 0.25) is 0 Å². The van der Waals surface area contributed by atoms with Gasteiger partial charge in [0.15, 0.2) is 5.79 Å². The normalized spacial score (nSPS) is 14.7. The summed E-state index contributed by atoms with van der Waals surface area (Å²) in [6.07, 6.45) is 7.05. The van der Waals surface area contributed by atoms with Crippen LogP contribution in [0.1, 0.15) is 46.5 Å². The molecule has 0 amide bonds. The molecule has 0 aromatic carbocycles. The number of unbranched alkanes of at least 4 members (excludes halogenated alkanes) is 2. The van der Waals surface area contributed by atoms with E-state index in [0.717, 1.165) is 6.42 Å². The van der Waals surface area contributed by atoms with Crippen LogP contribution in [0.4, 0.5) is 0 Å². The standard InChI is InChI=1S/C12H23IO2/c1-5-6-7-8-11(9-10-13)15-12(2,3)14-4/h9-11H,5-8H2,1-4H3/b10-9+. The highest BCUT2D eigenvalue weighted by Gasteiger charge is 2.21. The van der Waals surface area contributed by atoms with E-state index in [1.807, 2.05) is 17.9 Å². The van der Waals surface area contributed by atoms with Gasteiger partial charge in [0.05, 0.1) is 6.10 Å². The Morgan fingerprint density at radius 3 is 2.47 bits per heavy atom. The molecule has 0 radical (unpaired) electrons. The third kappa shape index (κ3) is 8.22. The summed E-state index contributed by atoms with van der Waals surface area (Å²) in [6, 6.07) is 0. The van der Waals surface area contributed by atoms with E-state index in [1.54, 1.807) is 7.11 Å². The number of methoxy groups -OCH3 is 1. The van der Waals surface area contributed by atoms with Gasteiger partial charge in [-0.05, 0) is 30.4 Å². The first-order chi connectivity index (χ1) is 7.05.